The molecule has 0 amide bonds. The molecular weight excluding hydrogens is 164 g/mol. The van der Waals surface area contributed by atoms with Gasteiger partial charge in [0.15, 0.2) is 5.79 Å². The van der Waals surface area contributed by atoms with E-state index in [1.165, 1.54) is 6.92 Å². The molecule has 0 saturated carbocycles. The fourth-order valence-electron chi connectivity index (χ4n) is 0.845. The molecule has 0 atom stereocenters. The van der Waals surface area contributed by atoms with Gasteiger partial charge in [0.1, 0.15) is 0 Å². The van der Waals surface area contributed by atoms with Crippen LogP contribution in [-0.4, -0.2) is 10.2 Å². The molecule has 0 aromatic heterocycles. The molecule has 0 aliphatic heterocycles. The van der Waals surface area contributed by atoms with Gasteiger partial charge in [0.2, 0.25) is 0 Å². The minimum absolute atomic E-state index is 0.321. The van der Waals surface area contributed by atoms with Gasteiger partial charge in [-0.15, -0.1) is 0 Å². The number of halogens is 1. The molecule has 0 aliphatic carbocycles. The van der Waals surface area contributed by atoms with Crippen molar-refractivity contribution in [3.05, 3.63) is 34.9 Å². The van der Waals surface area contributed by atoms with E-state index in [9.17, 15) is 0 Å². The molecule has 2 N–H and O–H groups in total. The van der Waals surface area contributed by atoms with Crippen molar-refractivity contribution in [1.29, 1.82) is 0 Å². The van der Waals surface area contributed by atoms with Gasteiger partial charge in [-0.3, -0.25) is 0 Å². The van der Waals surface area contributed by atoms with Gasteiger partial charge in [0, 0.05) is 10.6 Å². The lowest BCUT2D eigenvalue weighted by atomic mass is 10.1. The predicted octanol–water partition coefficient (Wildman–Crippen LogP) is 1.50. The molecule has 0 bridgehead atoms. The fourth-order valence-corrected chi connectivity index (χ4v) is 1.16. The van der Waals surface area contributed by atoms with E-state index in [0.717, 1.165) is 0 Å². The van der Waals surface area contributed by atoms with Gasteiger partial charge in [-0.1, -0.05) is 29.8 Å². The molecule has 0 saturated heterocycles. The van der Waals surface area contributed by atoms with Crippen molar-refractivity contribution >= 4 is 11.6 Å². The van der Waals surface area contributed by atoms with Crippen LogP contribution < -0.4 is 0 Å². The topological polar surface area (TPSA) is 40.5 Å². The summed E-state index contributed by atoms with van der Waals surface area (Å²) in [4.78, 5) is 0. The predicted molar refractivity (Wildman–Crippen MR) is 43.2 cm³/mol. The van der Waals surface area contributed by atoms with Gasteiger partial charge in [0.05, 0.1) is 0 Å². The van der Waals surface area contributed by atoms with Gasteiger partial charge < -0.3 is 10.2 Å². The summed E-state index contributed by atoms with van der Waals surface area (Å²) in [6.07, 6.45) is 0. The highest BCUT2D eigenvalue weighted by atomic mass is 35.5. The first kappa shape index (κ1) is 8.53. The third-order valence-corrected chi connectivity index (χ3v) is 1.71. The molecular formula is C8H9ClO2. The van der Waals surface area contributed by atoms with Crippen molar-refractivity contribution in [1.82, 2.24) is 0 Å². The van der Waals surface area contributed by atoms with Crippen molar-refractivity contribution in [2.75, 3.05) is 0 Å². The van der Waals surface area contributed by atoms with E-state index in [-0.39, 0.29) is 0 Å². The van der Waals surface area contributed by atoms with Crippen LogP contribution in [0.1, 0.15) is 12.5 Å². The summed E-state index contributed by atoms with van der Waals surface area (Å²) in [5, 5.41) is 18.6. The van der Waals surface area contributed by atoms with Gasteiger partial charge in [0.25, 0.3) is 0 Å². The maximum absolute atomic E-state index is 9.14. The van der Waals surface area contributed by atoms with Crippen molar-refractivity contribution in [2.45, 2.75) is 12.7 Å². The van der Waals surface area contributed by atoms with Crippen molar-refractivity contribution in [3.63, 3.8) is 0 Å². The largest absolute Gasteiger partial charge is 0.362 e. The lowest BCUT2D eigenvalue weighted by molar-refractivity contribution is -0.152. The first-order valence-electron chi connectivity index (χ1n) is 3.21. The van der Waals surface area contributed by atoms with Crippen LogP contribution in [0.2, 0.25) is 5.02 Å². The van der Waals surface area contributed by atoms with Crippen LogP contribution in [0.4, 0.5) is 0 Å². The van der Waals surface area contributed by atoms with E-state index in [2.05, 4.69) is 0 Å². The zero-order chi connectivity index (χ0) is 8.48. The maximum Gasteiger partial charge on any atom is 0.188 e. The van der Waals surface area contributed by atoms with Crippen molar-refractivity contribution in [2.24, 2.45) is 0 Å². The maximum atomic E-state index is 9.14. The Balaban J connectivity index is 3.14. The molecule has 1 aromatic rings. The molecule has 0 unspecified atom stereocenters. The molecule has 11 heavy (non-hydrogen) atoms. The van der Waals surface area contributed by atoms with Gasteiger partial charge in [-0.2, -0.15) is 0 Å². The van der Waals surface area contributed by atoms with Crippen LogP contribution in [0.25, 0.3) is 0 Å². The van der Waals surface area contributed by atoms with Crippen LogP contribution in [0.15, 0.2) is 24.3 Å². The monoisotopic (exact) mass is 172 g/mol. The zero-order valence-electron chi connectivity index (χ0n) is 6.08. The minimum atomic E-state index is -1.85. The summed E-state index contributed by atoms with van der Waals surface area (Å²) < 4.78 is 0. The van der Waals surface area contributed by atoms with E-state index in [1.807, 2.05) is 0 Å². The number of hydrogen-bond acceptors (Lipinski definition) is 2. The second kappa shape index (κ2) is 2.81. The second-order valence-corrected chi connectivity index (χ2v) is 2.91. The number of aliphatic hydroxyl groups is 2. The molecule has 0 heterocycles. The molecule has 3 heteroatoms. The second-order valence-electron chi connectivity index (χ2n) is 2.50. The molecule has 0 fully saturated rings. The van der Waals surface area contributed by atoms with E-state index in [1.54, 1.807) is 24.3 Å². The van der Waals surface area contributed by atoms with Crippen LogP contribution in [0.5, 0.6) is 0 Å². The van der Waals surface area contributed by atoms with Crippen LogP contribution >= 0.6 is 11.6 Å². The Morgan fingerprint density at radius 2 is 1.82 bits per heavy atom. The first-order chi connectivity index (χ1) is 5.02. The lowest BCUT2D eigenvalue weighted by Gasteiger charge is -2.16. The summed E-state index contributed by atoms with van der Waals surface area (Å²) in [5.41, 5.74) is 0.321. The summed E-state index contributed by atoms with van der Waals surface area (Å²) in [7, 11) is 0. The van der Waals surface area contributed by atoms with Gasteiger partial charge in [-0.05, 0) is 13.0 Å². The van der Waals surface area contributed by atoms with E-state index >= 15 is 0 Å². The molecule has 2 nitrogen and oxygen atoms in total. The molecule has 0 spiro atoms. The summed E-state index contributed by atoms with van der Waals surface area (Å²) >= 11 is 5.69. The SMILES string of the molecule is CC(O)(O)c1ccccc1Cl. The zero-order valence-corrected chi connectivity index (χ0v) is 6.84. The van der Waals surface area contributed by atoms with Gasteiger partial charge in [-0.25, -0.2) is 0 Å². The lowest BCUT2D eigenvalue weighted by Crippen LogP contribution is -2.19. The number of rotatable bonds is 1. The highest BCUT2D eigenvalue weighted by Crippen LogP contribution is 2.24. The van der Waals surface area contributed by atoms with E-state index in [4.69, 9.17) is 21.8 Å². The number of hydrogen-bond donors (Lipinski definition) is 2. The minimum Gasteiger partial charge on any atom is -0.362 e. The standard InChI is InChI=1S/C8H9ClO2/c1-8(10,11)6-4-2-3-5-7(6)9/h2-5,10-11H,1H3. The first-order valence-corrected chi connectivity index (χ1v) is 3.59. The van der Waals surface area contributed by atoms with Gasteiger partial charge >= 0.3 is 0 Å². The van der Waals surface area contributed by atoms with Crippen LogP contribution in [0, 0.1) is 0 Å². The van der Waals surface area contributed by atoms with Crippen LogP contribution in [-0.2, 0) is 5.79 Å². The van der Waals surface area contributed by atoms with E-state index in [0.29, 0.717) is 10.6 Å². The molecule has 0 aliphatic rings. The highest BCUT2D eigenvalue weighted by Gasteiger charge is 2.20. The Morgan fingerprint density at radius 1 is 1.27 bits per heavy atom. The quantitative estimate of drug-likeness (QED) is 0.631. The Bertz CT molecular complexity index is 253. The highest BCUT2D eigenvalue weighted by molar-refractivity contribution is 6.31. The third kappa shape index (κ3) is 1.93. The third-order valence-electron chi connectivity index (χ3n) is 1.38. The van der Waals surface area contributed by atoms with Crippen LogP contribution in [0.3, 0.4) is 0 Å². The molecule has 1 aromatic carbocycles. The Kier molecular flexibility index (Phi) is 2.18. The summed E-state index contributed by atoms with van der Waals surface area (Å²) in [5.74, 6) is -1.85. The summed E-state index contributed by atoms with van der Waals surface area (Å²) in [6.45, 7) is 1.27. The van der Waals surface area contributed by atoms with Crippen molar-refractivity contribution < 1.29 is 10.2 Å². The molecule has 60 valence electrons. The van der Waals surface area contributed by atoms with E-state index < -0.39 is 5.79 Å². The van der Waals surface area contributed by atoms with Crippen molar-refractivity contribution in [3.8, 4) is 0 Å². The average molecular weight is 173 g/mol. The molecule has 0 radical (unpaired) electrons. The fraction of sp³-hybridized carbons (Fsp3) is 0.250. The Labute approximate surface area is 70.1 Å². The Hall–Kier alpha value is -0.570. The Morgan fingerprint density at radius 3 is 2.18 bits per heavy atom. The summed E-state index contributed by atoms with van der Waals surface area (Å²) in [6, 6.07) is 6.62. The normalized spacial score (nSPS) is 11.6. The number of benzene rings is 1. The smallest absolute Gasteiger partial charge is 0.188 e. The molecule has 1 rings (SSSR count). The average Bonchev–Trinajstić information content (AvgIpc) is 1.86.